The first-order valence-corrected chi connectivity index (χ1v) is 24.1. The van der Waals surface area contributed by atoms with Crippen molar-refractivity contribution in [2.75, 3.05) is 13.2 Å². The standard InChI is InChI=1S/C48H74O19/c1-19(2)21-9-12-48(14-13-45(6)22(29(21)48)15-23(50)39-46(45,7)11-10-26-44(4,5)27(51)16-28(52)47(26,39)8)43(61)67-42-36(59)33(56)31(54)25(65-42)18-62-40-37(60)34(57)38(24(17-49)64-40)66-41-35(58)32(55)30(53)20(3)63-41/h20-22,24-26,28-42,49,52-60H,1,9-18H2,2-8H3/t20-,21-,22+,24+,25+,26+,28+,29+,30-,31+,32+,33-,34+,35+,36+,37+,38+,39-,40+,41-,42-,45+,46+,47+,48-/m0/s1. The van der Waals surface area contributed by atoms with Gasteiger partial charge in [0.05, 0.1) is 30.8 Å². The maximum atomic E-state index is 15.0. The van der Waals surface area contributed by atoms with Gasteiger partial charge in [0.2, 0.25) is 6.29 Å². The van der Waals surface area contributed by atoms with E-state index in [-0.39, 0.29) is 42.2 Å². The van der Waals surface area contributed by atoms with Crippen LogP contribution in [0.5, 0.6) is 0 Å². The molecule has 67 heavy (non-hydrogen) atoms. The molecular formula is C48H74O19. The Bertz CT molecular complexity index is 1910. The second kappa shape index (κ2) is 17.9. The van der Waals surface area contributed by atoms with E-state index in [1.54, 1.807) is 0 Å². The van der Waals surface area contributed by atoms with Gasteiger partial charge in [-0.3, -0.25) is 14.4 Å². The number of aliphatic hydroxyl groups excluding tert-OH is 10. The fourth-order valence-electron chi connectivity index (χ4n) is 15.2. The van der Waals surface area contributed by atoms with E-state index < -0.39 is 156 Å². The summed E-state index contributed by atoms with van der Waals surface area (Å²) in [5, 5.41) is 108. The maximum Gasteiger partial charge on any atom is 0.314 e. The molecular weight excluding hydrogens is 881 g/mol. The third-order valence-corrected chi connectivity index (χ3v) is 19.3. The van der Waals surface area contributed by atoms with E-state index in [0.29, 0.717) is 38.5 Å². The van der Waals surface area contributed by atoms with Crippen LogP contribution >= 0.6 is 0 Å². The van der Waals surface area contributed by atoms with E-state index in [1.807, 2.05) is 27.7 Å². The summed E-state index contributed by atoms with van der Waals surface area (Å²) in [5.41, 5.74) is -2.89. The molecule has 0 bridgehead atoms. The van der Waals surface area contributed by atoms with Crippen molar-refractivity contribution in [3.63, 3.8) is 0 Å². The van der Waals surface area contributed by atoms with Gasteiger partial charge in [-0.15, -0.1) is 0 Å². The summed E-state index contributed by atoms with van der Waals surface area (Å²) in [5.74, 6) is -2.23. The Morgan fingerprint density at radius 1 is 0.716 bits per heavy atom. The summed E-state index contributed by atoms with van der Waals surface area (Å²) in [7, 11) is 0. The van der Waals surface area contributed by atoms with Gasteiger partial charge in [0.1, 0.15) is 78.7 Å². The number of carbonyl (C=O) groups excluding carboxylic acids is 3. The average Bonchev–Trinajstić information content (AvgIpc) is 3.68. The van der Waals surface area contributed by atoms with Crippen molar-refractivity contribution in [1.82, 2.24) is 0 Å². The van der Waals surface area contributed by atoms with E-state index in [1.165, 1.54) is 6.92 Å². The number of carbonyl (C=O) groups is 3. The molecule has 3 heterocycles. The van der Waals surface area contributed by atoms with Crippen LogP contribution in [0.4, 0.5) is 0 Å². The molecule has 0 spiro atoms. The molecule has 19 nitrogen and oxygen atoms in total. The van der Waals surface area contributed by atoms with Gasteiger partial charge in [0, 0.05) is 29.6 Å². The van der Waals surface area contributed by atoms with Crippen LogP contribution in [0.3, 0.4) is 0 Å². The van der Waals surface area contributed by atoms with E-state index in [2.05, 4.69) is 20.4 Å². The lowest BCUT2D eigenvalue weighted by Gasteiger charge is -2.71. The lowest BCUT2D eigenvalue weighted by molar-refractivity contribution is -0.361. The lowest BCUT2D eigenvalue weighted by atomic mass is 9.31. The molecule has 10 N–H and O–H groups in total. The van der Waals surface area contributed by atoms with Gasteiger partial charge in [-0.2, -0.15) is 0 Å². The van der Waals surface area contributed by atoms with Gasteiger partial charge >= 0.3 is 5.97 Å². The predicted molar refractivity (Wildman–Crippen MR) is 229 cm³/mol. The highest BCUT2D eigenvalue weighted by Crippen LogP contribution is 2.77. The molecule has 3 aliphatic heterocycles. The van der Waals surface area contributed by atoms with Crippen molar-refractivity contribution in [1.29, 1.82) is 0 Å². The quantitative estimate of drug-likeness (QED) is 0.102. The van der Waals surface area contributed by atoms with Crippen LogP contribution in [0.25, 0.3) is 0 Å². The molecule has 0 radical (unpaired) electrons. The molecule has 8 aliphatic rings. The molecule has 25 atom stereocenters. The van der Waals surface area contributed by atoms with Crippen LogP contribution < -0.4 is 0 Å². The van der Waals surface area contributed by atoms with E-state index in [0.717, 1.165) is 5.57 Å². The van der Waals surface area contributed by atoms with Crippen LogP contribution in [0.15, 0.2) is 12.2 Å². The van der Waals surface area contributed by atoms with Crippen LogP contribution in [0.2, 0.25) is 0 Å². The highest BCUT2D eigenvalue weighted by molar-refractivity contribution is 5.89. The normalized spacial score (nSPS) is 54.0. The van der Waals surface area contributed by atoms with Gasteiger partial charge in [-0.05, 0) is 86.9 Å². The Labute approximate surface area is 390 Å². The summed E-state index contributed by atoms with van der Waals surface area (Å²) in [6, 6.07) is 0. The molecule has 5 saturated carbocycles. The Kier molecular flexibility index (Phi) is 13.7. The number of esters is 1. The second-order valence-electron chi connectivity index (χ2n) is 22.8. The number of fused-ring (bicyclic) bond motifs is 7. The minimum atomic E-state index is -1.91. The first kappa shape index (κ1) is 51.3. The number of hydrogen-bond donors (Lipinski definition) is 10. The molecule has 0 aromatic rings. The SMILES string of the molecule is C=C(C)[C@@H]1CC[C@]2(C(=O)O[C@@H]3O[C@H](CO[C@@H]4O[C@H](CO)[C@@H](O[C@@H]5O[C@@H](C)[C@H](O)[C@@H](O)[C@H]5O)[C@H](O)[C@H]4O)[C@@H](O)[C@H](O)[C@H]3O)CC[C@]3(C)[C@H](CC(=O)[C@@H]4[C@@]5(C)[C@H](O)CC(=O)C(C)(C)[C@H]5CC[C@]43C)[C@@H]12. The molecule has 0 aromatic heterocycles. The minimum absolute atomic E-state index is 0.00477. The second-order valence-corrected chi connectivity index (χ2v) is 22.8. The van der Waals surface area contributed by atoms with Crippen LogP contribution in [0.1, 0.15) is 99.8 Å². The zero-order chi connectivity index (χ0) is 49.2. The van der Waals surface area contributed by atoms with Crippen LogP contribution in [-0.4, -0.2) is 180 Å². The Morgan fingerprint density at radius 3 is 2.00 bits per heavy atom. The molecule has 380 valence electrons. The fraction of sp³-hybridized carbons (Fsp3) is 0.896. The Hall–Kier alpha value is -2.05. The highest BCUT2D eigenvalue weighted by atomic mass is 16.8. The molecule has 3 saturated heterocycles. The summed E-state index contributed by atoms with van der Waals surface area (Å²) in [6.07, 6.45) is -22.3. The molecule has 0 amide bonds. The maximum absolute atomic E-state index is 15.0. The van der Waals surface area contributed by atoms with E-state index in [9.17, 15) is 65.4 Å². The predicted octanol–water partition coefficient (Wildman–Crippen LogP) is -0.618. The summed E-state index contributed by atoms with van der Waals surface area (Å²) in [4.78, 5) is 43.2. The van der Waals surface area contributed by atoms with Crippen molar-refractivity contribution in [2.45, 2.75) is 198 Å². The molecule has 0 unspecified atom stereocenters. The van der Waals surface area contributed by atoms with E-state index in [4.69, 9.17) is 28.4 Å². The monoisotopic (exact) mass is 954 g/mol. The van der Waals surface area contributed by atoms with Crippen molar-refractivity contribution >= 4 is 17.5 Å². The zero-order valence-electron chi connectivity index (χ0n) is 39.5. The number of ketones is 2. The number of allylic oxidation sites excluding steroid dienone is 1. The lowest BCUT2D eigenvalue weighted by Crippen LogP contribution is -2.71. The highest BCUT2D eigenvalue weighted by Gasteiger charge is 2.75. The van der Waals surface area contributed by atoms with Crippen molar-refractivity contribution in [2.24, 2.45) is 56.7 Å². The molecule has 5 aliphatic carbocycles. The minimum Gasteiger partial charge on any atom is -0.432 e. The zero-order valence-corrected chi connectivity index (χ0v) is 39.5. The van der Waals surface area contributed by atoms with Gasteiger partial charge in [0.15, 0.2) is 12.6 Å². The third-order valence-electron chi connectivity index (χ3n) is 19.3. The number of hydrogen-bond acceptors (Lipinski definition) is 19. The largest absolute Gasteiger partial charge is 0.432 e. The van der Waals surface area contributed by atoms with Crippen LogP contribution in [-0.2, 0) is 42.8 Å². The first-order valence-electron chi connectivity index (χ1n) is 24.1. The smallest absolute Gasteiger partial charge is 0.314 e. The van der Waals surface area contributed by atoms with E-state index >= 15 is 0 Å². The van der Waals surface area contributed by atoms with Crippen molar-refractivity contribution < 1.29 is 93.9 Å². The third kappa shape index (κ3) is 7.66. The van der Waals surface area contributed by atoms with Crippen LogP contribution in [0, 0.1) is 56.7 Å². The van der Waals surface area contributed by atoms with Gasteiger partial charge in [-0.1, -0.05) is 46.8 Å². The Balaban J connectivity index is 0.984. The van der Waals surface area contributed by atoms with Gasteiger partial charge < -0.3 is 79.5 Å². The molecule has 0 aromatic carbocycles. The summed E-state index contributed by atoms with van der Waals surface area (Å²) >= 11 is 0. The molecule has 8 rings (SSSR count). The van der Waals surface area contributed by atoms with Crippen molar-refractivity contribution in [3.05, 3.63) is 12.2 Å². The average molecular weight is 955 g/mol. The van der Waals surface area contributed by atoms with Crippen molar-refractivity contribution in [3.8, 4) is 0 Å². The molecule has 8 fully saturated rings. The van der Waals surface area contributed by atoms with Gasteiger partial charge in [0.25, 0.3) is 0 Å². The Morgan fingerprint density at radius 2 is 1.34 bits per heavy atom. The number of rotatable bonds is 9. The first-order chi connectivity index (χ1) is 31.2. The summed E-state index contributed by atoms with van der Waals surface area (Å²) < 4.78 is 34.5. The number of aliphatic hydroxyl groups is 10. The number of ether oxygens (including phenoxy) is 6. The summed E-state index contributed by atoms with van der Waals surface area (Å²) in [6.45, 7) is 16.5. The topological polar surface area (TPSA) is 309 Å². The molecule has 19 heteroatoms. The van der Waals surface area contributed by atoms with Gasteiger partial charge in [-0.25, -0.2) is 0 Å². The fourth-order valence-corrected chi connectivity index (χ4v) is 15.2. The number of Topliss-reactive ketones (excluding diaryl/α,β-unsaturated/α-hetero) is 2.